The van der Waals surface area contributed by atoms with E-state index in [1.807, 2.05) is 10.6 Å². The molecule has 10 heteroatoms. The molecule has 32 heavy (non-hydrogen) atoms. The molecule has 3 heterocycles. The molecule has 0 aliphatic carbocycles. The average molecular weight is 470 g/mol. The molecule has 1 atom stereocenters. The first kappa shape index (κ1) is 22.0. The molecule has 1 aromatic carbocycles. The maximum Gasteiger partial charge on any atom is 0.330 e. The average Bonchev–Trinajstić information content (AvgIpc) is 3.40. The minimum absolute atomic E-state index is 0.358. The van der Waals surface area contributed by atoms with Crippen LogP contribution in [0.15, 0.2) is 45.4 Å². The van der Waals surface area contributed by atoms with Crippen molar-refractivity contribution in [2.45, 2.75) is 25.5 Å². The number of nitrogens with zero attached hydrogens (tertiary/aromatic N) is 5. The molecule has 1 unspecified atom stereocenters. The molecule has 0 aliphatic heterocycles. The Labute approximate surface area is 192 Å². The zero-order valence-electron chi connectivity index (χ0n) is 17.4. The van der Waals surface area contributed by atoms with Crippen molar-refractivity contribution in [2.24, 2.45) is 14.1 Å². The Morgan fingerprint density at radius 2 is 2.06 bits per heavy atom. The van der Waals surface area contributed by atoms with Gasteiger partial charge < -0.3 is 9.67 Å². The van der Waals surface area contributed by atoms with E-state index < -0.39 is 17.4 Å². The maximum absolute atomic E-state index is 13.0. The quantitative estimate of drug-likeness (QED) is 0.466. The van der Waals surface area contributed by atoms with Crippen LogP contribution in [0, 0.1) is 11.3 Å². The van der Waals surface area contributed by atoms with Crippen molar-refractivity contribution in [3.8, 4) is 17.3 Å². The van der Waals surface area contributed by atoms with Gasteiger partial charge in [0.15, 0.2) is 0 Å². The van der Waals surface area contributed by atoms with Crippen LogP contribution in [0.4, 0.5) is 0 Å². The van der Waals surface area contributed by atoms with Crippen molar-refractivity contribution in [1.29, 1.82) is 5.26 Å². The lowest BCUT2D eigenvalue weighted by Gasteiger charge is -2.12. The van der Waals surface area contributed by atoms with Gasteiger partial charge in [-0.25, -0.2) is 9.78 Å². The Balaban J connectivity index is 1.78. The third-order valence-electron chi connectivity index (χ3n) is 5.43. The minimum atomic E-state index is -0.736. The summed E-state index contributed by atoms with van der Waals surface area (Å²) in [7, 11) is 3.08. The highest BCUT2D eigenvalue weighted by Crippen LogP contribution is 2.30. The van der Waals surface area contributed by atoms with E-state index in [0.717, 1.165) is 4.57 Å². The van der Waals surface area contributed by atoms with Crippen LogP contribution in [-0.4, -0.2) is 23.8 Å². The monoisotopic (exact) mass is 469 g/mol. The number of benzene rings is 1. The van der Waals surface area contributed by atoms with Gasteiger partial charge in [0.25, 0.3) is 5.56 Å². The third kappa shape index (κ3) is 3.88. The van der Waals surface area contributed by atoms with Gasteiger partial charge >= 0.3 is 5.69 Å². The first-order valence-corrected chi connectivity index (χ1v) is 11.2. The summed E-state index contributed by atoms with van der Waals surface area (Å²) in [5.41, 5.74) is 1.54. The predicted molar refractivity (Wildman–Crippen MR) is 124 cm³/mol. The molecule has 8 nitrogen and oxygen atoms in total. The number of halogens is 1. The van der Waals surface area contributed by atoms with Crippen molar-refractivity contribution in [3.05, 3.63) is 72.4 Å². The zero-order chi connectivity index (χ0) is 23.0. The van der Waals surface area contributed by atoms with Crippen molar-refractivity contribution >= 4 is 33.8 Å². The number of hydrogen-bond acceptors (Lipinski definition) is 6. The van der Waals surface area contributed by atoms with Gasteiger partial charge in [-0.15, -0.1) is 11.3 Å². The molecule has 3 aromatic heterocycles. The SMILES string of the molecule is Cn1c(=O)c2c(-c3cccc(C#N)c3)n(CCCC(O)c3nc(Cl)cs3)cc2n(C)c1=O. The fraction of sp³-hybridized carbons (Fsp3) is 0.273. The van der Waals surface area contributed by atoms with Gasteiger partial charge in [0.2, 0.25) is 0 Å². The van der Waals surface area contributed by atoms with E-state index in [-0.39, 0.29) is 0 Å². The molecule has 0 saturated carbocycles. The number of fused-ring (bicyclic) bond motifs is 1. The molecule has 0 amide bonds. The fourth-order valence-electron chi connectivity index (χ4n) is 3.81. The molecule has 0 radical (unpaired) electrons. The summed E-state index contributed by atoms with van der Waals surface area (Å²) < 4.78 is 4.43. The molecule has 0 spiro atoms. The molecule has 0 bridgehead atoms. The Bertz CT molecular complexity index is 1470. The minimum Gasteiger partial charge on any atom is -0.386 e. The first-order valence-electron chi connectivity index (χ1n) is 9.90. The topological polar surface area (TPSA) is 106 Å². The number of hydrogen-bond donors (Lipinski definition) is 1. The lowest BCUT2D eigenvalue weighted by Crippen LogP contribution is -2.36. The Morgan fingerprint density at radius 1 is 1.28 bits per heavy atom. The zero-order valence-corrected chi connectivity index (χ0v) is 19.0. The normalized spacial score (nSPS) is 12.2. The highest BCUT2D eigenvalue weighted by atomic mass is 35.5. The van der Waals surface area contributed by atoms with E-state index in [4.69, 9.17) is 11.6 Å². The molecular weight excluding hydrogens is 450 g/mol. The molecule has 0 fully saturated rings. The van der Waals surface area contributed by atoms with Crippen LogP contribution >= 0.6 is 22.9 Å². The van der Waals surface area contributed by atoms with E-state index in [9.17, 15) is 20.0 Å². The van der Waals surface area contributed by atoms with Crippen LogP contribution in [-0.2, 0) is 20.6 Å². The number of aryl methyl sites for hydroxylation is 2. The van der Waals surface area contributed by atoms with Crippen LogP contribution in [0.2, 0.25) is 5.15 Å². The first-order chi connectivity index (χ1) is 15.3. The smallest absolute Gasteiger partial charge is 0.330 e. The van der Waals surface area contributed by atoms with Crippen LogP contribution in [0.3, 0.4) is 0 Å². The van der Waals surface area contributed by atoms with Gasteiger partial charge in [-0.05, 0) is 25.0 Å². The summed E-state index contributed by atoms with van der Waals surface area (Å²) in [5.74, 6) is 0. The van der Waals surface area contributed by atoms with Gasteiger partial charge in [0, 0.05) is 37.8 Å². The van der Waals surface area contributed by atoms with E-state index >= 15 is 0 Å². The molecule has 1 N–H and O–H groups in total. The molecule has 0 aliphatic rings. The number of aromatic nitrogens is 4. The van der Waals surface area contributed by atoms with E-state index in [2.05, 4.69) is 11.1 Å². The summed E-state index contributed by atoms with van der Waals surface area (Å²) in [6.45, 7) is 0.494. The second-order valence-electron chi connectivity index (χ2n) is 7.50. The molecule has 4 aromatic rings. The Hall–Kier alpha value is -3.19. The highest BCUT2D eigenvalue weighted by Gasteiger charge is 2.20. The maximum atomic E-state index is 13.0. The van der Waals surface area contributed by atoms with E-state index in [1.165, 1.54) is 23.0 Å². The number of nitriles is 1. The summed E-state index contributed by atoms with van der Waals surface area (Å²) >= 11 is 7.16. The Kier molecular flexibility index (Phi) is 6.02. The van der Waals surface area contributed by atoms with E-state index in [1.54, 1.807) is 36.8 Å². The molecular formula is C22H20ClN5O3S. The van der Waals surface area contributed by atoms with Crippen LogP contribution in [0.1, 0.15) is 29.5 Å². The summed E-state index contributed by atoms with van der Waals surface area (Å²) in [6.07, 6.45) is 2.09. The van der Waals surface area contributed by atoms with Gasteiger partial charge in [-0.2, -0.15) is 5.26 Å². The molecule has 0 saturated heterocycles. The lowest BCUT2D eigenvalue weighted by atomic mass is 10.1. The molecule has 164 valence electrons. The van der Waals surface area contributed by atoms with Gasteiger partial charge in [0.1, 0.15) is 16.3 Å². The number of aliphatic hydroxyl groups is 1. The van der Waals surface area contributed by atoms with Crippen LogP contribution in [0.5, 0.6) is 0 Å². The van der Waals surface area contributed by atoms with Crippen LogP contribution in [0.25, 0.3) is 22.2 Å². The lowest BCUT2D eigenvalue weighted by molar-refractivity contribution is 0.162. The van der Waals surface area contributed by atoms with Crippen LogP contribution < -0.4 is 11.2 Å². The fourth-order valence-corrected chi connectivity index (χ4v) is 4.78. The largest absolute Gasteiger partial charge is 0.386 e. The van der Waals surface area contributed by atoms with Gasteiger partial charge in [0.05, 0.1) is 28.2 Å². The number of aliphatic hydroxyl groups excluding tert-OH is 1. The number of thiazole rings is 1. The number of rotatable bonds is 6. The molecule has 4 rings (SSSR count). The van der Waals surface area contributed by atoms with Crippen molar-refractivity contribution < 1.29 is 5.11 Å². The van der Waals surface area contributed by atoms with E-state index in [0.29, 0.717) is 57.3 Å². The van der Waals surface area contributed by atoms with Crippen molar-refractivity contribution in [1.82, 2.24) is 18.7 Å². The highest BCUT2D eigenvalue weighted by molar-refractivity contribution is 7.10. The van der Waals surface area contributed by atoms with Gasteiger partial charge in [-0.1, -0.05) is 23.7 Å². The summed E-state index contributed by atoms with van der Waals surface area (Å²) in [5, 5.41) is 22.7. The van der Waals surface area contributed by atoms with Crippen molar-refractivity contribution in [2.75, 3.05) is 0 Å². The second-order valence-corrected chi connectivity index (χ2v) is 8.77. The third-order valence-corrected chi connectivity index (χ3v) is 6.70. The van der Waals surface area contributed by atoms with Crippen molar-refractivity contribution in [3.63, 3.8) is 0 Å². The predicted octanol–water partition coefficient (Wildman–Crippen LogP) is 3.20. The second kappa shape index (κ2) is 8.74. The summed E-state index contributed by atoms with van der Waals surface area (Å²) in [6, 6.07) is 9.15. The van der Waals surface area contributed by atoms with Gasteiger partial charge in [-0.3, -0.25) is 13.9 Å². The Morgan fingerprint density at radius 3 is 2.75 bits per heavy atom. The summed E-state index contributed by atoms with van der Waals surface area (Å²) in [4.78, 5) is 29.6. The standard InChI is InChI=1S/C22H20ClN5O3S/c1-26-15-11-28(8-4-7-16(29)20-25-17(23)12-32-20)19(14-6-3-5-13(9-14)10-24)18(15)21(30)27(2)22(26)31/h3,5-6,9,11-12,16,29H,4,7-8H2,1-2H3.